The highest BCUT2D eigenvalue weighted by Gasteiger charge is 2.12. The van der Waals surface area contributed by atoms with Crippen LogP contribution in [0.2, 0.25) is 0 Å². The Morgan fingerprint density at radius 2 is 1.65 bits per heavy atom. The molecule has 4 nitrogen and oxygen atoms in total. The summed E-state index contributed by atoms with van der Waals surface area (Å²) in [5.41, 5.74) is 1.07. The molecule has 2 aromatic rings. The maximum Gasteiger partial charge on any atom is 0.260 e. The fourth-order valence-corrected chi connectivity index (χ4v) is 2.31. The van der Waals surface area contributed by atoms with Gasteiger partial charge in [-0.2, -0.15) is 0 Å². The van der Waals surface area contributed by atoms with Crippen molar-refractivity contribution in [3.8, 4) is 11.5 Å². The van der Waals surface area contributed by atoms with E-state index >= 15 is 0 Å². The normalized spacial score (nSPS) is 10.2. The van der Waals surface area contributed by atoms with Crippen molar-refractivity contribution in [3.05, 3.63) is 58.6 Å². The third-order valence-corrected chi connectivity index (χ3v) is 3.79. The SMILES string of the molecule is CCOc1ccccc1OCC(=O)N(C)Cc1ccc(Br)cc1. The number of nitrogens with zero attached hydrogens (tertiary/aromatic N) is 1. The van der Waals surface area contributed by atoms with E-state index in [4.69, 9.17) is 9.47 Å². The van der Waals surface area contributed by atoms with Gasteiger partial charge in [0.2, 0.25) is 0 Å². The van der Waals surface area contributed by atoms with Gasteiger partial charge in [-0.25, -0.2) is 0 Å². The highest BCUT2D eigenvalue weighted by atomic mass is 79.9. The maximum absolute atomic E-state index is 12.2. The molecule has 0 saturated heterocycles. The zero-order chi connectivity index (χ0) is 16.7. The van der Waals surface area contributed by atoms with E-state index in [0.717, 1.165) is 10.0 Å². The van der Waals surface area contributed by atoms with E-state index < -0.39 is 0 Å². The van der Waals surface area contributed by atoms with Gasteiger partial charge in [0.05, 0.1) is 6.61 Å². The van der Waals surface area contributed by atoms with Gasteiger partial charge in [-0.1, -0.05) is 40.2 Å². The molecule has 0 radical (unpaired) electrons. The molecular formula is C18H20BrNO3. The molecule has 1 amide bonds. The van der Waals surface area contributed by atoms with E-state index in [1.807, 2.05) is 49.4 Å². The van der Waals surface area contributed by atoms with Crippen LogP contribution in [0.3, 0.4) is 0 Å². The molecule has 0 spiro atoms. The van der Waals surface area contributed by atoms with Gasteiger partial charge in [-0.05, 0) is 36.8 Å². The molecule has 0 N–H and O–H groups in total. The quantitative estimate of drug-likeness (QED) is 0.734. The number of hydrogen-bond acceptors (Lipinski definition) is 3. The van der Waals surface area contributed by atoms with Gasteiger partial charge in [-0.3, -0.25) is 4.79 Å². The summed E-state index contributed by atoms with van der Waals surface area (Å²) in [6.45, 7) is 2.99. The summed E-state index contributed by atoms with van der Waals surface area (Å²) in [4.78, 5) is 13.9. The molecule has 0 unspecified atom stereocenters. The monoisotopic (exact) mass is 377 g/mol. The zero-order valence-corrected chi connectivity index (χ0v) is 14.9. The fraction of sp³-hybridized carbons (Fsp3) is 0.278. The molecule has 0 aliphatic carbocycles. The Morgan fingerprint density at radius 3 is 2.26 bits per heavy atom. The molecular weight excluding hydrogens is 358 g/mol. The number of amides is 1. The van der Waals surface area contributed by atoms with Crippen molar-refractivity contribution >= 4 is 21.8 Å². The minimum atomic E-state index is -0.0841. The van der Waals surface area contributed by atoms with Gasteiger partial charge >= 0.3 is 0 Å². The second-order valence-electron chi connectivity index (χ2n) is 5.04. The number of rotatable bonds is 7. The second-order valence-corrected chi connectivity index (χ2v) is 5.96. The second kappa shape index (κ2) is 8.58. The molecule has 0 heterocycles. The number of halogens is 1. The van der Waals surface area contributed by atoms with Crippen molar-refractivity contribution in [3.63, 3.8) is 0 Å². The number of benzene rings is 2. The van der Waals surface area contributed by atoms with Crippen molar-refractivity contribution in [1.82, 2.24) is 4.90 Å². The van der Waals surface area contributed by atoms with Gasteiger partial charge in [-0.15, -0.1) is 0 Å². The van der Waals surface area contributed by atoms with E-state index in [1.54, 1.807) is 18.0 Å². The Morgan fingerprint density at radius 1 is 1.04 bits per heavy atom. The molecule has 0 saturated carbocycles. The van der Waals surface area contributed by atoms with E-state index in [1.165, 1.54) is 0 Å². The Kier molecular flexibility index (Phi) is 6.47. The Bertz CT molecular complexity index is 643. The van der Waals surface area contributed by atoms with Crippen LogP contribution in [-0.2, 0) is 11.3 Å². The van der Waals surface area contributed by atoms with Crippen molar-refractivity contribution < 1.29 is 14.3 Å². The van der Waals surface area contributed by atoms with Gasteiger partial charge in [0, 0.05) is 18.1 Å². The van der Waals surface area contributed by atoms with E-state index in [9.17, 15) is 4.79 Å². The molecule has 5 heteroatoms. The first-order valence-corrected chi connectivity index (χ1v) is 8.22. The first-order chi connectivity index (χ1) is 11.1. The van der Waals surface area contributed by atoms with Crippen LogP contribution in [0.4, 0.5) is 0 Å². The molecule has 0 atom stereocenters. The lowest BCUT2D eigenvalue weighted by Crippen LogP contribution is -2.31. The lowest BCUT2D eigenvalue weighted by molar-refractivity contribution is -0.132. The van der Waals surface area contributed by atoms with Crippen LogP contribution in [0.15, 0.2) is 53.0 Å². The van der Waals surface area contributed by atoms with E-state index in [-0.39, 0.29) is 12.5 Å². The van der Waals surface area contributed by atoms with E-state index in [0.29, 0.717) is 24.7 Å². The van der Waals surface area contributed by atoms with Crippen LogP contribution in [0.25, 0.3) is 0 Å². The van der Waals surface area contributed by atoms with Crippen LogP contribution >= 0.6 is 15.9 Å². The summed E-state index contributed by atoms with van der Waals surface area (Å²) >= 11 is 3.40. The maximum atomic E-state index is 12.2. The summed E-state index contributed by atoms with van der Waals surface area (Å²) < 4.78 is 12.1. The highest BCUT2D eigenvalue weighted by Crippen LogP contribution is 2.26. The summed E-state index contributed by atoms with van der Waals surface area (Å²) in [5.74, 6) is 1.15. The standard InChI is InChI=1S/C18H20BrNO3/c1-3-22-16-6-4-5-7-17(16)23-13-18(21)20(2)12-14-8-10-15(19)11-9-14/h4-11H,3,12-13H2,1-2H3. The number of hydrogen-bond donors (Lipinski definition) is 0. The summed E-state index contributed by atoms with van der Waals surface area (Å²) in [6.07, 6.45) is 0. The Balaban J connectivity index is 1.90. The summed E-state index contributed by atoms with van der Waals surface area (Å²) in [6, 6.07) is 15.2. The molecule has 0 fully saturated rings. The van der Waals surface area contributed by atoms with Crippen LogP contribution in [0.5, 0.6) is 11.5 Å². The molecule has 122 valence electrons. The van der Waals surface area contributed by atoms with Crippen LogP contribution in [-0.4, -0.2) is 31.1 Å². The molecule has 0 aliphatic rings. The molecule has 2 rings (SSSR count). The zero-order valence-electron chi connectivity index (χ0n) is 13.3. The minimum Gasteiger partial charge on any atom is -0.490 e. The number of likely N-dealkylation sites (N-methyl/N-ethyl adjacent to an activating group) is 1. The highest BCUT2D eigenvalue weighted by molar-refractivity contribution is 9.10. The average molecular weight is 378 g/mol. The largest absolute Gasteiger partial charge is 0.490 e. The predicted octanol–water partition coefficient (Wildman–Crippen LogP) is 3.89. The smallest absolute Gasteiger partial charge is 0.260 e. The van der Waals surface area contributed by atoms with Gasteiger partial charge in [0.1, 0.15) is 0 Å². The number of para-hydroxylation sites is 2. The number of carbonyl (C=O) groups excluding carboxylic acids is 1. The van der Waals surface area contributed by atoms with Crippen molar-refractivity contribution in [2.24, 2.45) is 0 Å². The topological polar surface area (TPSA) is 38.8 Å². The van der Waals surface area contributed by atoms with Gasteiger partial charge in [0.25, 0.3) is 5.91 Å². The lowest BCUT2D eigenvalue weighted by Gasteiger charge is -2.18. The third-order valence-electron chi connectivity index (χ3n) is 3.26. The van der Waals surface area contributed by atoms with Gasteiger partial charge < -0.3 is 14.4 Å². The van der Waals surface area contributed by atoms with Gasteiger partial charge in [0.15, 0.2) is 18.1 Å². The summed E-state index contributed by atoms with van der Waals surface area (Å²) in [7, 11) is 1.77. The fourth-order valence-electron chi connectivity index (χ4n) is 2.05. The van der Waals surface area contributed by atoms with Crippen molar-refractivity contribution in [2.45, 2.75) is 13.5 Å². The van der Waals surface area contributed by atoms with E-state index in [2.05, 4.69) is 15.9 Å². The first kappa shape index (κ1) is 17.3. The molecule has 0 aliphatic heterocycles. The predicted molar refractivity (Wildman–Crippen MR) is 93.7 cm³/mol. The number of carbonyl (C=O) groups is 1. The van der Waals surface area contributed by atoms with Crippen LogP contribution in [0.1, 0.15) is 12.5 Å². The first-order valence-electron chi connectivity index (χ1n) is 7.43. The van der Waals surface area contributed by atoms with Crippen LogP contribution in [0, 0.1) is 0 Å². The average Bonchev–Trinajstić information content (AvgIpc) is 2.56. The molecule has 0 aromatic heterocycles. The van der Waals surface area contributed by atoms with Crippen molar-refractivity contribution in [2.75, 3.05) is 20.3 Å². The minimum absolute atomic E-state index is 0.0168. The third kappa shape index (κ3) is 5.28. The molecule has 2 aromatic carbocycles. The van der Waals surface area contributed by atoms with Crippen molar-refractivity contribution in [1.29, 1.82) is 0 Å². The Hall–Kier alpha value is -2.01. The Labute approximate surface area is 145 Å². The summed E-state index contributed by atoms with van der Waals surface area (Å²) in [5, 5.41) is 0. The number of ether oxygens (including phenoxy) is 2. The molecule has 0 bridgehead atoms. The lowest BCUT2D eigenvalue weighted by atomic mass is 10.2. The molecule has 23 heavy (non-hydrogen) atoms. The van der Waals surface area contributed by atoms with Crippen LogP contribution < -0.4 is 9.47 Å².